The van der Waals surface area contributed by atoms with Crippen LogP contribution in [0.4, 0.5) is 0 Å². The SMILES string of the molecule is O=C(OCC1COC2(OC1)C1CC3CC(C1)CC2C3)C12CC3CC(CC(O)(C3)C1)C2. The fourth-order valence-electron chi connectivity index (χ4n) is 9.79. The Kier molecular flexibility index (Phi) is 3.92. The molecule has 1 spiro atoms. The highest BCUT2D eigenvalue weighted by Crippen LogP contribution is 2.62. The monoisotopic (exact) mass is 416 g/mol. The molecule has 8 bridgehead atoms. The normalized spacial score (nSPS) is 57.8. The lowest BCUT2D eigenvalue weighted by Crippen LogP contribution is -2.63. The third kappa shape index (κ3) is 2.67. The summed E-state index contributed by atoms with van der Waals surface area (Å²) < 4.78 is 18.9. The van der Waals surface area contributed by atoms with Crippen LogP contribution < -0.4 is 0 Å². The molecule has 8 aliphatic carbocycles. The second-order valence-corrected chi connectivity index (χ2v) is 12.6. The molecule has 5 heteroatoms. The highest BCUT2D eigenvalue weighted by atomic mass is 16.7. The Hall–Kier alpha value is -0.650. The van der Waals surface area contributed by atoms with E-state index in [2.05, 4.69) is 0 Å². The van der Waals surface area contributed by atoms with E-state index in [0.29, 0.717) is 49.9 Å². The number of esters is 1. The van der Waals surface area contributed by atoms with Crippen LogP contribution in [-0.4, -0.2) is 42.3 Å². The van der Waals surface area contributed by atoms with Gasteiger partial charge in [0, 0.05) is 17.8 Å². The lowest BCUT2D eigenvalue weighted by atomic mass is 9.48. The van der Waals surface area contributed by atoms with E-state index in [-0.39, 0.29) is 17.7 Å². The minimum Gasteiger partial charge on any atom is -0.465 e. The van der Waals surface area contributed by atoms with Gasteiger partial charge in [-0.15, -0.1) is 0 Å². The second-order valence-electron chi connectivity index (χ2n) is 12.6. The molecule has 0 aromatic carbocycles. The van der Waals surface area contributed by atoms with Gasteiger partial charge in [-0.05, 0) is 94.3 Å². The van der Waals surface area contributed by atoms with Crippen molar-refractivity contribution in [2.75, 3.05) is 19.8 Å². The maximum atomic E-state index is 13.2. The second kappa shape index (κ2) is 6.23. The molecule has 2 unspecified atom stereocenters. The van der Waals surface area contributed by atoms with Crippen LogP contribution in [0.2, 0.25) is 0 Å². The van der Waals surface area contributed by atoms with E-state index in [4.69, 9.17) is 14.2 Å². The molecule has 1 saturated heterocycles. The molecular weight excluding hydrogens is 380 g/mol. The molecule has 1 aliphatic heterocycles. The molecule has 166 valence electrons. The first-order chi connectivity index (χ1) is 14.4. The molecular formula is C25H36O5. The summed E-state index contributed by atoms with van der Waals surface area (Å²) in [6.07, 6.45) is 11.9. The summed E-state index contributed by atoms with van der Waals surface area (Å²) >= 11 is 0. The number of carbonyl (C=O) groups is 1. The lowest BCUT2D eigenvalue weighted by Gasteiger charge is -2.61. The van der Waals surface area contributed by atoms with Gasteiger partial charge >= 0.3 is 5.97 Å². The fraction of sp³-hybridized carbons (Fsp3) is 0.960. The van der Waals surface area contributed by atoms with Crippen LogP contribution in [0, 0.1) is 46.8 Å². The lowest BCUT2D eigenvalue weighted by molar-refractivity contribution is -0.369. The quantitative estimate of drug-likeness (QED) is 0.711. The van der Waals surface area contributed by atoms with E-state index >= 15 is 0 Å². The molecule has 0 radical (unpaired) electrons. The van der Waals surface area contributed by atoms with Crippen LogP contribution in [0.1, 0.15) is 70.6 Å². The number of hydrogen-bond acceptors (Lipinski definition) is 5. The number of carbonyl (C=O) groups excluding carboxylic acids is 1. The predicted octanol–water partition coefficient (Wildman–Crippen LogP) is 3.68. The Balaban J connectivity index is 0.980. The van der Waals surface area contributed by atoms with Gasteiger partial charge in [0.1, 0.15) is 0 Å². The van der Waals surface area contributed by atoms with Crippen molar-refractivity contribution in [1.82, 2.24) is 0 Å². The van der Waals surface area contributed by atoms with Gasteiger partial charge in [-0.2, -0.15) is 0 Å². The Labute approximate surface area is 179 Å². The zero-order chi connectivity index (χ0) is 20.1. The summed E-state index contributed by atoms with van der Waals surface area (Å²) in [5, 5.41) is 10.9. The molecule has 9 rings (SSSR count). The molecule has 0 aromatic rings. The summed E-state index contributed by atoms with van der Waals surface area (Å²) in [6.45, 7) is 1.70. The fourth-order valence-corrected chi connectivity index (χ4v) is 9.79. The standard InChI is InChI=1S/C25H36O5/c26-22(23-7-17-2-18(8-23)10-24(27,9-17)14-23)28-11-19-12-29-25(30-13-19)20-3-15-1-16(5-20)6-21(25)4-15/h15-21,27H,1-14H2. The van der Waals surface area contributed by atoms with Gasteiger partial charge in [0.25, 0.3) is 0 Å². The summed E-state index contributed by atoms with van der Waals surface area (Å²) in [4.78, 5) is 13.2. The number of aliphatic hydroxyl groups is 1. The van der Waals surface area contributed by atoms with Crippen molar-refractivity contribution in [3.05, 3.63) is 0 Å². The van der Waals surface area contributed by atoms with E-state index in [1.807, 2.05) is 0 Å². The number of ether oxygens (including phenoxy) is 3. The third-order valence-corrected chi connectivity index (χ3v) is 10.3. The van der Waals surface area contributed by atoms with Crippen molar-refractivity contribution in [3.8, 4) is 0 Å². The van der Waals surface area contributed by atoms with Crippen molar-refractivity contribution in [3.63, 3.8) is 0 Å². The molecule has 2 atom stereocenters. The van der Waals surface area contributed by atoms with E-state index in [9.17, 15) is 9.90 Å². The highest BCUT2D eigenvalue weighted by Gasteiger charge is 2.62. The minimum atomic E-state index is -0.619. The largest absolute Gasteiger partial charge is 0.465 e. The first-order valence-electron chi connectivity index (χ1n) is 12.6. The van der Waals surface area contributed by atoms with E-state index in [1.165, 1.54) is 38.5 Å². The molecule has 8 saturated carbocycles. The van der Waals surface area contributed by atoms with Gasteiger partial charge in [-0.1, -0.05) is 0 Å². The van der Waals surface area contributed by atoms with E-state index in [0.717, 1.165) is 37.5 Å². The average Bonchev–Trinajstić information content (AvgIpc) is 2.69. The van der Waals surface area contributed by atoms with Crippen LogP contribution in [0.5, 0.6) is 0 Å². The summed E-state index contributed by atoms with van der Waals surface area (Å²) in [5.74, 6) is 3.69. The van der Waals surface area contributed by atoms with Gasteiger partial charge in [0.2, 0.25) is 0 Å². The molecule has 30 heavy (non-hydrogen) atoms. The maximum Gasteiger partial charge on any atom is 0.312 e. The van der Waals surface area contributed by atoms with Crippen molar-refractivity contribution >= 4 is 5.97 Å². The minimum absolute atomic E-state index is 0.0649. The number of rotatable bonds is 3. The Morgan fingerprint density at radius 3 is 1.97 bits per heavy atom. The zero-order valence-corrected chi connectivity index (χ0v) is 18.0. The predicted molar refractivity (Wildman–Crippen MR) is 108 cm³/mol. The first kappa shape index (κ1) is 18.9. The molecule has 0 aromatic heterocycles. The molecule has 9 aliphatic rings. The topological polar surface area (TPSA) is 65.0 Å². The van der Waals surface area contributed by atoms with Crippen LogP contribution in [0.3, 0.4) is 0 Å². The van der Waals surface area contributed by atoms with Gasteiger partial charge < -0.3 is 19.3 Å². The first-order valence-corrected chi connectivity index (χ1v) is 12.6. The summed E-state index contributed by atoms with van der Waals surface area (Å²) in [5.41, 5.74) is -1.05. The summed E-state index contributed by atoms with van der Waals surface area (Å²) in [6, 6.07) is 0. The Bertz CT molecular complexity index is 694. The van der Waals surface area contributed by atoms with Gasteiger partial charge in [-0.25, -0.2) is 0 Å². The van der Waals surface area contributed by atoms with E-state index in [1.54, 1.807) is 0 Å². The Morgan fingerprint density at radius 1 is 0.833 bits per heavy atom. The van der Waals surface area contributed by atoms with E-state index < -0.39 is 11.0 Å². The van der Waals surface area contributed by atoms with Crippen LogP contribution >= 0.6 is 0 Å². The average molecular weight is 417 g/mol. The maximum absolute atomic E-state index is 13.2. The van der Waals surface area contributed by atoms with Gasteiger partial charge in [-0.3, -0.25) is 4.79 Å². The molecule has 5 nitrogen and oxygen atoms in total. The molecule has 9 fully saturated rings. The zero-order valence-electron chi connectivity index (χ0n) is 18.0. The van der Waals surface area contributed by atoms with Crippen LogP contribution in [0.25, 0.3) is 0 Å². The number of hydrogen-bond donors (Lipinski definition) is 1. The smallest absolute Gasteiger partial charge is 0.312 e. The van der Waals surface area contributed by atoms with Crippen molar-refractivity contribution < 1.29 is 24.1 Å². The summed E-state index contributed by atoms with van der Waals surface area (Å²) in [7, 11) is 0. The van der Waals surface area contributed by atoms with Crippen LogP contribution in [-0.2, 0) is 19.0 Å². The van der Waals surface area contributed by atoms with Gasteiger partial charge in [0.15, 0.2) is 5.79 Å². The Morgan fingerprint density at radius 2 is 1.40 bits per heavy atom. The molecule has 1 heterocycles. The third-order valence-electron chi connectivity index (χ3n) is 10.3. The van der Waals surface area contributed by atoms with Crippen molar-refractivity contribution in [2.24, 2.45) is 46.8 Å². The molecule has 1 N–H and O–H groups in total. The van der Waals surface area contributed by atoms with Gasteiger partial charge in [0.05, 0.1) is 30.8 Å². The van der Waals surface area contributed by atoms with Crippen LogP contribution in [0.15, 0.2) is 0 Å². The van der Waals surface area contributed by atoms with Crippen molar-refractivity contribution in [2.45, 2.75) is 82.0 Å². The van der Waals surface area contributed by atoms with Crippen molar-refractivity contribution in [1.29, 1.82) is 0 Å². The highest BCUT2D eigenvalue weighted by molar-refractivity contribution is 5.77. The molecule has 0 amide bonds.